The summed E-state index contributed by atoms with van der Waals surface area (Å²) in [6, 6.07) is 20.2. The molecule has 22 heteroatoms. The normalized spacial score (nSPS) is 13.6. The second-order valence-corrected chi connectivity index (χ2v) is 17.3. The smallest absolute Gasteiger partial charge is 0.393 e. The number of rotatable bonds is 7. The number of nitro benzene ring substituents is 2. The third-order valence-electron chi connectivity index (χ3n) is 8.68. The van der Waals surface area contributed by atoms with Crippen LogP contribution >= 0.6 is 69.6 Å². The van der Waals surface area contributed by atoms with E-state index >= 15 is 0 Å². The van der Waals surface area contributed by atoms with Gasteiger partial charge in [0.25, 0.3) is 11.4 Å². The lowest BCUT2D eigenvalue weighted by molar-refractivity contribution is -0.384. The molecule has 0 unspecified atom stereocenters. The highest BCUT2D eigenvalue weighted by Crippen LogP contribution is 2.34. The van der Waals surface area contributed by atoms with E-state index in [9.17, 15) is 38.6 Å². The maximum atomic E-state index is 13.1. The number of nitrogens with two attached hydrogens (primary N) is 1. The summed E-state index contributed by atoms with van der Waals surface area (Å²) >= 11 is 30.2. The zero-order valence-electron chi connectivity index (χ0n) is 31.7. The Labute approximate surface area is 373 Å². The number of carbonyl (C=O) groups is 2. The summed E-state index contributed by atoms with van der Waals surface area (Å²) < 4.78 is 29.3. The first-order valence-electron chi connectivity index (χ1n) is 17.7. The van der Waals surface area contributed by atoms with Crippen molar-refractivity contribution in [3.8, 4) is 22.3 Å². The maximum Gasteiger partial charge on any atom is 0.515 e. The molecule has 4 N–H and O–H groups in total. The number of halogens is 8. The third kappa shape index (κ3) is 16.9. The number of benzene rings is 4. The lowest BCUT2D eigenvalue weighted by Crippen LogP contribution is -2.51. The highest BCUT2D eigenvalue weighted by Gasteiger charge is 2.33. The highest BCUT2D eigenvalue weighted by atomic mass is 35.6. The number of amides is 2. The lowest BCUT2D eigenvalue weighted by atomic mass is 9.98. The van der Waals surface area contributed by atoms with Crippen molar-refractivity contribution in [3.63, 3.8) is 0 Å². The SMILES string of the molecule is CCC1CN(C(=O)Nc2cc(-c3ccc(F)cc3)ccc2[N+](=O)[O-])C1.CCC1CNC1.Nc1cc(-c2ccc(F)cc2)ccc1[N+](=O)[O-].O=C(OC(Cl)(Cl)Cl)OC(Cl)(Cl)Cl. The summed E-state index contributed by atoms with van der Waals surface area (Å²) in [5, 5.41) is 27.7. The molecule has 2 amide bonds. The topological polar surface area (TPSA) is 192 Å². The van der Waals surface area contributed by atoms with E-state index in [1.165, 1.54) is 62.0 Å². The van der Waals surface area contributed by atoms with E-state index in [-0.39, 0.29) is 40.4 Å². The van der Waals surface area contributed by atoms with Crippen molar-refractivity contribution in [2.45, 2.75) is 34.6 Å². The number of nitro groups is 2. The fourth-order valence-electron chi connectivity index (χ4n) is 5.20. The molecular weight excluding hydrogens is 919 g/mol. The Bertz CT molecular complexity index is 2060. The van der Waals surface area contributed by atoms with Gasteiger partial charge in [-0.2, -0.15) is 0 Å². The van der Waals surface area contributed by atoms with Crippen LogP contribution in [0.15, 0.2) is 84.9 Å². The van der Waals surface area contributed by atoms with Crippen LogP contribution in [-0.2, 0) is 9.47 Å². The Hall–Kier alpha value is -4.42. The van der Waals surface area contributed by atoms with Crippen LogP contribution in [0.1, 0.15) is 26.7 Å². The number of anilines is 2. The molecule has 2 aliphatic heterocycles. The third-order valence-corrected chi connectivity index (χ3v) is 9.14. The first kappa shape index (κ1) is 49.9. The van der Waals surface area contributed by atoms with E-state index in [0.717, 1.165) is 17.9 Å². The van der Waals surface area contributed by atoms with Crippen LogP contribution in [0, 0.1) is 43.7 Å². The van der Waals surface area contributed by atoms with Gasteiger partial charge in [-0.3, -0.25) is 20.2 Å². The quantitative estimate of drug-likeness (QED) is 0.0528. The minimum absolute atomic E-state index is 0.0943. The van der Waals surface area contributed by atoms with Crippen molar-refractivity contribution in [3.05, 3.63) is 117 Å². The van der Waals surface area contributed by atoms with E-state index in [1.54, 1.807) is 47.4 Å². The van der Waals surface area contributed by atoms with Crippen LogP contribution < -0.4 is 16.4 Å². The molecule has 0 aliphatic carbocycles. The average Bonchev–Trinajstić information content (AvgIpc) is 3.10. The minimum Gasteiger partial charge on any atom is -0.393 e. The Morgan fingerprint density at radius 1 is 0.733 bits per heavy atom. The van der Waals surface area contributed by atoms with Gasteiger partial charge in [0.1, 0.15) is 23.0 Å². The summed E-state index contributed by atoms with van der Waals surface area (Å²) in [6.45, 7) is 8.15. The van der Waals surface area contributed by atoms with Gasteiger partial charge in [0.05, 0.1) is 9.85 Å². The zero-order valence-corrected chi connectivity index (χ0v) is 36.2. The van der Waals surface area contributed by atoms with E-state index < -0.39 is 24.0 Å². The number of hydrogen-bond acceptors (Lipinski definition) is 10. The molecule has 60 heavy (non-hydrogen) atoms. The Morgan fingerprint density at radius 2 is 1.15 bits per heavy atom. The second-order valence-electron chi connectivity index (χ2n) is 12.9. The van der Waals surface area contributed by atoms with E-state index in [1.807, 2.05) is 0 Å². The van der Waals surface area contributed by atoms with E-state index in [2.05, 4.69) is 34.0 Å². The molecule has 2 heterocycles. The predicted molar refractivity (Wildman–Crippen MR) is 231 cm³/mol. The molecule has 0 spiro atoms. The van der Waals surface area contributed by atoms with Crippen molar-refractivity contribution in [2.24, 2.45) is 11.8 Å². The van der Waals surface area contributed by atoms with Gasteiger partial charge < -0.3 is 30.7 Å². The largest absolute Gasteiger partial charge is 0.515 e. The molecule has 6 rings (SSSR count). The molecule has 324 valence electrons. The number of alkyl halides is 6. The van der Waals surface area contributed by atoms with Crippen LogP contribution in [0.3, 0.4) is 0 Å². The average molecular weight is 957 g/mol. The van der Waals surface area contributed by atoms with Crippen molar-refractivity contribution in [2.75, 3.05) is 37.2 Å². The van der Waals surface area contributed by atoms with Crippen LogP contribution in [0.2, 0.25) is 0 Å². The van der Waals surface area contributed by atoms with Crippen molar-refractivity contribution < 1.29 is 37.7 Å². The standard InChI is InChI=1S/C18H18FN3O3.C12H9FN2O2.C5H11N.C3Cl6O3/c1-2-12-10-21(11-12)18(23)20-16-9-14(5-8-17(16)22(24)25)13-3-6-15(19)7-4-13;13-10-4-1-8(2-5-10)9-3-6-12(15(16)17)11(14)7-9;1-2-5-3-6-4-5;4-2(5,6)11-1(10)12-3(7,8)9/h3-9,12H,2,10-11H2,1H3,(H,20,23);1-7H,14H2;5-6H,2-4H2,1H3;. The minimum atomic E-state index is -2.24. The fourth-order valence-corrected chi connectivity index (χ4v) is 5.57. The van der Waals surface area contributed by atoms with Gasteiger partial charge in [-0.15, -0.1) is 0 Å². The summed E-state index contributed by atoms with van der Waals surface area (Å²) in [5.41, 5.74) is 8.35. The number of nitrogens with zero attached hydrogens (tertiary/aromatic N) is 3. The molecule has 14 nitrogen and oxygen atoms in total. The Morgan fingerprint density at radius 3 is 1.50 bits per heavy atom. The molecule has 0 radical (unpaired) electrons. The molecule has 0 saturated carbocycles. The van der Waals surface area contributed by atoms with Crippen LogP contribution in [0.25, 0.3) is 22.3 Å². The molecule has 2 fully saturated rings. The summed E-state index contributed by atoms with van der Waals surface area (Å²) in [4.78, 5) is 45.2. The van der Waals surface area contributed by atoms with E-state index in [0.29, 0.717) is 35.7 Å². The van der Waals surface area contributed by atoms with Crippen LogP contribution in [0.5, 0.6) is 0 Å². The Balaban J connectivity index is 0.000000237. The second kappa shape index (κ2) is 23.0. The number of nitrogens with one attached hydrogen (secondary N) is 2. The molecule has 0 atom stereocenters. The molecule has 2 saturated heterocycles. The van der Waals surface area contributed by atoms with Crippen molar-refractivity contribution in [1.29, 1.82) is 0 Å². The Kier molecular flexibility index (Phi) is 19.1. The highest BCUT2D eigenvalue weighted by molar-refractivity contribution is 6.67. The fraction of sp³-hybridized carbons (Fsp3) is 0.316. The van der Waals surface area contributed by atoms with Gasteiger partial charge >= 0.3 is 20.1 Å². The first-order chi connectivity index (χ1) is 28.1. The number of hydrogen-bond donors (Lipinski definition) is 3. The van der Waals surface area contributed by atoms with Gasteiger partial charge in [0.15, 0.2) is 0 Å². The van der Waals surface area contributed by atoms with Gasteiger partial charge in [-0.1, -0.05) is 44.5 Å². The molecule has 4 aromatic carbocycles. The van der Waals surface area contributed by atoms with Gasteiger partial charge in [-0.05, 0) is 172 Å². The maximum absolute atomic E-state index is 13.1. The van der Waals surface area contributed by atoms with Crippen LogP contribution in [-0.4, -0.2) is 61.1 Å². The number of urea groups is 1. The van der Waals surface area contributed by atoms with E-state index in [4.69, 9.17) is 75.3 Å². The molecular formula is C38H38Cl6F2N6O8. The molecule has 4 aromatic rings. The zero-order chi connectivity index (χ0) is 44.8. The summed E-state index contributed by atoms with van der Waals surface area (Å²) in [7, 11) is 0. The van der Waals surface area contributed by atoms with Gasteiger partial charge in [0.2, 0.25) is 0 Å². The van der Waals surface area contributed by atoms with Gasteiger partial charge in [-0.25, -0.2) is 18.4 Å². The first-order valence-corrected chi connectivity index (χ1v) is 20.0. The lowest BCUT2D eigenvalue weighted by Gasteiger charge is -2.38. The summed E-state index contributed by atoms with van der Waals surface area (Å²) in [5.74, 6) is 0.808. The molecule has 2 aliphatic rings. The monoisotopic (exact) mass is 954 g/mol. The number of carbonyl (C=O) groups excluding carboxylic acids is 2. The summed E-state index contributed by atoms with van der Waals surface area (Å²) in [6.07, 6.45) is 0.951. The van der Waals surface area contributed by atoms with Crippen molar-refractivity contribution >= 4 is 105 Å². The number of ether oxygens (including phenoxy) is 2. The van der Waals surface area contributed by atoms with Gasteiger partial charge in [0, 0.05) is 25.2 Å². The number of likely N-dealkylation sites (tertiary alicyclic amines) is 1. The molecule has 0 bridgehead atoms. The molecule has 0 aromatic heterocycles. The predicted octanol–water partition coefficient (Wildman–Crippen LogP) is 11.7. The number of nitrogen functional groups attached to an aromatic ring is 1. The van der Waals surface area contributed by atoms with Crippen molar-refractivity contribution in [1.82, 2.24) is 10.2 Å². The van der Waals surface area contributed by atoms with Crippen LogP contribution in [0.4, 0.5) is 41.1 Å².